The molecule has 46 heavy (non-hydrogen) atoms. The van der Waals surface area contributed by atoms with Crippen LogP contribution in [0.1, 0.15) is 153 Å². The Kier molecular flexibility index (Phi) is 21.4. The zero-order chi connectivity index (χ0) is 33.5. The van der Waals surface area contributed by atoms with Crippen molar-refractivity contribution < 1.29 is 44.3 Å². The minimum atomic E-state index is -4.70. The summed E-state index contributed by atoms with van der Waals surface area (Å²) in [4.78, 5) is -0.178. The van der Waals surface area contributed by atoms with Crippen LogP contribution in [0.4, 0.5) is 0 Å². The van der Waals surface area contributed by atoms with Crippen molar-refractivity contribution in [1.29, 1.82) is 0 Å². The average Bonchev–Trinajstić information content (AvgIpc) is 3.02. The Hall–Kier alpha value is -1.23. The Labute approximate surface area is 287 Å². The number of rotatable bonds is 28. The van der Waals surface area contributed by atoms with Gasteiger partial charge in [-0.2, -0.15) is 0 Å². The van der Waals surface area contributed by atoms with Gasteiger partial charge in [0.1, 0.15) is 0 Å². The molecule has 0 N–H and O–H groups in total. The summed E-state index contributed by atoms with van der Waals surface area (Å²) in [5, 5.41) is 0. The molecule has 0 saturated heterocycles. The van der Waals surface area contributed by atoms with E-state index in [-0.39, 0.29) is 9.79 Å². The van der Waals surface area contributed by atoms with E-state index in [2.05, 4.69) is 13.8 Å². The van der Waals surface area contributed by atoms with Crippen molar-refractivity contribution in [2.45, 2.75) is 165 Å². The van der Waals surface area contributed by atoms with Crippen LogP contribution in [0, 0.1) is 0 Å². The molecule has 0 amide bonds. The van der Waals surface area contributed by atoms with E-state index in [1.807, 2.05) is 0 Å². The van der Waals surface area contributed by atoms with Gasteiger partial charge in [0.25, 0.3) is 0 Å². The van der Waals surface area contributed by atoms with Crippen molar-refractivity contribution in [3.8, 4) is 0 Å². The molecule has 2 aromatic rings. The van der Waals surface area contributed by atoms with Gasteiger partial charge in [-0.1, -0.05) is 52.4 Å². The van der Waals surface area contributed by atoms with E-state index in [4.69, 9.17) is 5.53 Å². The molecule has 0 unspecified atom stereocenters. The summed E-state index contributed by atoms with van der Waals surface area (Å²) >= 11 is -4.70. The molecule has 0 aromatic heterocycles. The van der Waals surface area contributed by atoms with Crippen molar-refractivity contribution in [3.63, 3.8) is 0 Å². The summed E-state index contributed by atoms with van der Waals surface area (Å²) in [6.07, 6.45) is 24.5. The van der Waals surface area contributed by atoms with Gasteiger partial charge >= 0.3 is 237 Å². The van der Waals surface area contributed by atoms with Crippen LogP contribution in [0.2, 0.25) is 0 Å². The maximum atomic E-state index is 13.1. The zero-order valence-corrected chi connectivity index (χ0v) is 31.5. The van der Waals surface area contributed by atoms with Crippen molar-refractivity contribution in [2.75, 3.05) is 0 Å². The molecule has 260 valence electrons. The molecular weight excluding hydrogens is 656 g/mol. The second-order valence-corrected chi connectivity index (χ2v) is 17.8. The van der Waals surface area contributed by atoms with Crippen LogP contribution < -0.4 is 0 Å². The summed E-state index contributed by atoms with van der Waals surface area (Å²) in [5.74, 6) is 0. The first-order chi connectivity index (χ1) is 22.2. The minimum Gasteiger partial charge on any atom is -0.0654 e. The topological polar surface area (TPSA) is 104 Å². The molecule has 0 aliphatic carbocycles. The molecule has 0 aliphatic rings. The third-order valence-corrected chi connectivity index (χ3v) is 14.4. The number of benzene rings is 2. The third-order valence-electron chi connectivity index (χ3n) is 8.44. The van der Waals surface area contributed by atoms with Gasteiger partial charge in [0, 0.05) is 0 Å². The molecule has 0 aliphatic heterocycles. The summed E-state index contributed by atoms with van der Waals surface area (Å²) < 4.78 is 75.0. The fraction of sp³-hybridized carbons (Fsp3) is 0.667. The second kappa shape index (κ2) is 24.0. The first kappa shape index (κ1) is 40.9. The number of hydrogen-bond acceptors (Lipinski definition) is 7. The van der Waals surface area contributed by atoms with E-state index >= 15 is 0 Å². The Morgan fingerprint density at radius 2 is 0.739 bits per heavy atom. The van der Waals surface area contributed by atoms with Crippen molar-refractivity contribution in [2.24, 2.45) is 0 Å². The van der Waals surface area contributed by atoms with Gasteiger partial charge in [-0.25, -0.2) is 0 Å². The molecule has 10 heteroatoms. The SMILES string of the molecule is CCCCCCCCCCCCc1ccccc1S(=O)(=O)[O][Ti](=[O])[O]S(=O)(=O)c1ccccc1CCCCCCCCCCCC. The number of aryl methyl sites for hydroxylation is 2. The van der Waals surface area contributed by atoms with E-state index in [9.17, 15) is 20.2 Å². The normalized spacial score (nSPS) is 12.0. The maximum absolute atomic E-state index is 13.1. The van der Waals surface area contributed by atoms with Gasteiger partial charge in [0.2, 0.25) is 0 Å². The molecule has 0 heterocycles. The summed E-state index contributed by atoms with van der Waals surface area (Å²) in [6, 6.07) is 12.9. The predicted octanol–water partition coefficient (Wildman–Crippen LogP) is 10.5. The number of hydrogen-bond donors (Lipinski definition) is 0. The van der Waals surface area contributed by atoms with Crippen molar-refractivity contribution in [1.82, 2.24) is 0 Å². The van der Waals surface area contributed by atoms with Crippen LogP contribution in [0.5, 0.6) is 0 Å². The molecule has 0 spiro atoms. The Morgan fingerprint density at radius 3 is 1.07 bits per heavy atom. The quantitative estimate of drug-likeness (QED) is 0.0638. The predicted molar refractivity (Wildman–Crippen MR) is 181 cm³/mol. The molecule has 0 radical (unpaired) electrons. The first-order valence-corrected chi connectivity index (χ1v) is 22.5. The van der Waals surface area contributed by atoms with Crippen molar-refractivity contribution in [3.05, 3.63) is 59.7 Å². The fourth-order valence-corrected chi connectivity index (χ4v) is 10.8. The van der Waals surface area contributed by atoms with Crippen LogP contribution in [-0.4, -0.2) is 16.8 Å². The minimum absolute atomic E-state index is 0.0888. The molecule has 2 rings (SSSR count). The molecular formula is C36H58O7S2Ti. The van der Waals surface area contributed by atoms with E-state index in [0.29, 0.717) is 24.0 Å². The van der Waals surface area contributed by atoms with Crippen LogP contribution >= 0.6 is 0 Å². The van der Waals surface area contributed by atoms with Gasteiger partial charge in [0.05, 0.1) is 0 Å². The molecule has 0 bridgehead atoms. The standard InChI is InChI=1S/2C18H30O3S.O.Ti/c2*1-2-3-4-5-6-7-8-9-10-11-14-17-15-12-13-16-18(17)22(19,20)21;;/h2*12-13,15-16H,2-11,14H2,1H3,(H,19,20,21);;/q;;;+2/p-2. The van der Waals surface area contributed by atoms with Crippen LogP contribution in [0.25, 0.3) is 0 Å². The van der Waals surface area contributed by atoms with Crippen molar-refractivity contribution >= 4 is 20.2 Å². The Balaban J connectivity index is 1.85. The number of unbranched alkanes of at least 4 members (excludes halogenated alkanes) is 18. The summed E-state index contributed by atoms with van der Waals surface area (Å²) in [5.41, 5.74) is 1.13. The van der Waals surface area contributed by atoms with E-state index in [1.165, 1.54) is 102 Å². The second-order valence-electron chi connectivity index (χ2n) is 12.4. The zero-order valence-electron chi connectivity index (χ0n) is 28.3. The van der Waals surface area contributed by atoms with Crippen LogP contribution in [0.3, 0.4) is 0 Å². The van der Waals surface area contributed by atoms with E-state index < -0.39 is 38.9 Å². The Bertz CT molecular complexity index is 1240. The molecule has 0 saturated carbocycles. The average molecular weight is 715 g/mol. The van der Waals surface area contributed by atoms with Gasteiger partial charge in [0.15, 0.2) is 0 Å². The fourth-order valence-electron chi connectivity index (χ4n) is 5.80. The van der Waals surface area contributed by atoms with Gasteiger partial charge in [-0.15, -0.1) is 0 Å². The Morgan fingerprint density at radius 1 is 0.457 bits per heavy atom. The molecule has 7 nitrogen and oxygen atoms in total. The molecule has 2 aromatic carbocycles. The van der Waals surface area contributed by atoms with Crippen LogP contribution in [0.15, 0.2) is 58.3 Å². The summed E-state index contributed by atoms with van der Waals surface area (Å²) in [7, 11) is -8.95. The third kappa shape index (κ3) is 16.7. The van der Waals surface area contributed by atoms with Gasteiger partial charge in [-0.3, -0.25) is 0 Å². The first-order valence-electron chi connectivity index (χ1n) is 17.8. The molecule has 0 fully saturated rings. The monoisotopic (exact) mass is 714 g/mol. The van der Waals surface area contributed by atoms with Crippen LogP contribution in [-0.2, 0) is 60.5 Å². The van der Waals surface area contributed by atoms with Gasteiger partial charge in [-0.05, 0) is 0 Å². The molecule has 0 atom stereocenters. The summed E-state index contributed by atoms with van der Waals surface area (Å²) in [6.45, 7) is 4.44. The van der Waals surface area contributed by atoms with E-state index in [0.717, 1.165) is 38.5 Å². The van der Waals surface area contributed by atoms with Gasteiger partial charge < -0.3 is 0 Å². The van der Waals surface area contributed by atoms with E-state index in [1.54, 1.807) is 36.4 Å². The smallest absolute Gasteiger partial charge is 0.0654 e.